The fourth-order valence-corrected chi connectivity index (χ4v) is 1.08. The SMILES string of the molecule is Nc1cc(N)cc(CC(F)(F)F)c1. The van der Waals surface area contributed by atoms with Crippen molar-refractivity contribution in [3.05, 3.63) is 23.8 Å². The van der Waals surface area contributed by atoms with Crippen LogP contribution in [0.5, 0.6) is 0 Å². The molecule has 0 amide bonds. The van der Waals surface area contributed by atoms with Crippen LogP contribution in [0.3, 0.4) is 0 Å². The fourth-order valence-electron chi connectivity index (χ4n) is 1.08. The first-order valence-corrected chi connectivity index (χ1v) is 3.58. The predicted molar refractivity (Wildman–Crippen MR) is 45.0 cm³/mol. The molecule has 1 aromatic rings. The minimum absolute atomic E-state index is 0.0880. The number of benzene rings is 1. The summed E-state index contributed by atoms with van der Waals surface area (Å²) in [5.41, 5.74) is 11.2. The normalized spacial score (nSPS) is 11.6. The Morgan fingerprint density at radius 2 is 1.46 bits per heavy atom. The van der Waals surface area contributed by atoms with E-state index in [0.29, 0.717) is 0 Å². The number of rotatable bonds is 1. The van der Waals surface area contributed by atoms with Gasteiger partial charge in [0.05, 0.1) is 6.42 Å². The molecule has 0 aliphatic rings. The van der Waals surface area contributed by atoms with Crippen molar-refractivity contribution >= 4 is 11.4 Å². The molecule has 0 heterocycles. The molecule has 5 heteroatoms. The largest absolute Gasteiger partial charge is 0.399 e. The molecule has 2 nitrogen and oxygen atoms in total. The zero-order valence-corrected chi connectivity index (χ0v) is 6.73. The summed E-state index contributed by atoms with van der Waals surface area (Å²) in [6.45, 7) is 0. The third-order valence-electron chi connectivity index (χ3n) is 1.44. The highest BCUT2D eigenvalue weighted by atomic mass is 19.4. The van der Waals surface area contributed by atoms with Gasteiger partial charge in [-0.3, -0.25) is 0 Å². The van der Waals surface area contributed by atoms with Crippen molar-refractivity contribution in [1.82, 2.24) is 0 Å². The van der Waals surface area contributed by atoms with Crippen LogP contribution in [0.2, 0.25) is 0 Å². The average molecular weight is 190 g/mol. The van der Waals surface area contributed by atoms with Crippen LogP contribution in [0, 0.1) is 0 Å². The lowest BCUT2D eigenvalue weighted by atomic mass is 10.1. The Bertz CT molecular complexity index is 286. The van der Waals surface area contributed by atoms with E-state index >= 15 is 0 Å². The highest BCUT2D eigenvalue weighted by Crippen LogP contribution is 2.23. The van der Waals surface area contributed by atoms with Gasteiger partial charge >= 0.3 is 6.18 Å². The second-order valence-electron chi connectivity index (χ2n) is 2.80. The molecule has 0 aliphatic carbocycles. The van der Waals surface area contributed by atoms with Crippen LogP contribution in [-0.2, 0) is 6.42 Å². The smallest absolute Gasteiger partial charge is 0.393 e. The fraction of sp³-hybridized carbons (Fsp3) is 0.250. The lowest BCUT2D eigenvalue weighted by Gasteiger charge is -2.07. The van der Waals surface area contributed by atoms with Gasteiger partial charge in [-0.2, -0.15) is 13.2 Å². The van der Waals surface area contributed by atoms with Gasteiger partial charge in [-0.1, -0.05) is 0 Å². The van der Waals surface area contributed by atoms with Crippen LogP contribution in [0.1, 0.15) is 5.56 Å². The lowest BCUT2D eigenvalue weighted by Crippen LogP contribution is -2.11. The first-order valence-electron chi connectivity index (χ1n) is 3.58. The Labute approximate surface area is 73.3 Å². The molecule has 0 fully saturated rings. The van der Waals surface area contributed by atoms with Gasteiger partial charge in [-0.25, -0.2) is 0 Å². The van der Waals surface area contributed by atoms with E-state index in [9.17, 15) is 13.2 Å². The Balaban J connectivity index is 2.90. The Morgan fingerprint density at radius 1 is 1.00 bits per heavy atom. The molecule has 1 aromatic carbocycles. The molecule has 0 bridgehead atoms. The van der Waals surface area contributed by atoms with Gasteiger partial charge in [0.15, 0.2) is 0 Å². The van der Waals surface area contributed by atoms with Crippen molar-refractivity contribution in [3.8, 4) is 0 Å². The van der Waals surface area contributed by atoms with Crippen LogP contribution in [0.15, 0.2) is 18.2 Å². The van der Waals surface area contributed by atoms with E-state index in [0.717, 1.165) is 0 Å². The third kappa shape index (κ3) is 3.23. The molecule has 0 saturated heterocycles. The maximum Gasteiger partial charge on any atom is 0.393 e. The maximum atomic E-state index is 11.9. The van der Waals surface area contributed by atoms with E-state index < -0.39 is 12.6 Å². The molecule has 13 heavy (non-hydrogen) atoms. The zero-order valence-electron chi connectivity index (χ0n) is 6.73. The second-order valence-corrected chi connectivity index (χ2v) is 2.80. The van der Waals surface area contributed by atoms with Crippen molar-refractivity contribution < 1.29 is 13.2 Å². The molecule has 0 unspecified atom stereocenters. The minimum Gasteiger partial charge on any atom is -0.399 e. The van der Waals surface area contributed by atoms with Crippen LogP contribution < -0.4 is 11.5 Å². The first kappa shape index (κ1) is 9.70. The average Bonchev–Trinajstić information content (AvgIpc) is 1.78. The molecule has 0 aromatic heterocycles. The number of hydrogen-bond donors (Lipinski definition) is 2. The number of nitrogens with two attached hydrogens (primary N) is 2. The van der Waals surface area contributed by atoms with Crippen LogP contribution >= 0.6 is 0 Å². The summed E-state index contributed by atoms with van der Waals surface area (Å²) in [5.74, 6) is 0. The summed E-state index contributed by atoms with van der Waals surface area (Å²) >= 11 is 0. The molecule has 0 saturated carbocycles. The van der Waals surface area contributed by atoms with E-state index in [2.05, 4.69) is 0 Å². The number of halogens is 3. The molecule has 0 spiro atoms. The van der Waals surface area contributed by atoms with Gasteiger partial charge in [0.2, 0.25) is 0 Å². The van der Waals surface area contributed by atoms with Crippen molar-refractivity contribution in [2.75, 3.05) is 11.5 Å². The summed E-state index contributed by atoms with van der Waals surface area (Å²) < 4.78 is 35.8. The van der Waals surface area contributed by atoms with Crippen LogP contribution in [0.25, 0.3) is 0 Å². The monoisotopic (exact) mass is 190 g/mol. The van der Waals surface area contributed by atoms with Gasteiger partial charge in [-0.15, -0.1) is 0 Å². The number of hydrogen-bond acceptors (Lipinski definition) is 2. The molecular formula is C8H9F3N2. The third-order valence-corrected chi connectivity index (χ3v) is 1.44. The topological polar surface area (TPSA) is 52.0 Å². The zero-order chi connectivity index (χ0) is 10.1. The molecule has 4 N–H and O–H groups in total. The second kappa shape index (κ2) is 3.16. The summed E-state index contributed by atoms with van der Waals surface area (Å²) in [5, 5.41) is 0. The quantitative estimate of drug-likeness (QED) is 0.665. The van der Waals surface area contributed by atoms with Gasteiger partial charge in [-0.05, 0) is 23.8 Å². The lowest BCUT2D eigenvalue weighted by molar-refractivity contribution is -0.127. The molecule has 72 valence electrons. The van der Waals surface area contributed by atoms with Gasteiger partial charge in [0.25, 0.3) is 0 Å². The molecule has 1 rings (SSSR count). The van der Waals surface area contributed by atoms with Crippen LogP contribution in [0.4, 0.5) is 24.5 Å². The number of alkyl halides is 3. The summed E-state index contributed by atoms with van der Waals surface area (Å²) in [6.07, 6.45) is -5.22. The van der Waals surface area contributed by atoms with E-state index in [1.54, 1.807) is 0 Å². The van der Waals surface area contributed by atoms with Gasteiger partial charge in [0, 0.05) is 11.4 Å². The number of nitrogen functional groups attached to an aromatic ring is 2. The summed E-state index contributed by atoms with van der Waals surface area (Å²) in [7, 11) is 0. The van der Waals surface area contributed by atoms with E-state index in [-0.39, 0.29) is 16.9 Å². The Morgan fingerprint density at radius 3 is 1.85 bits per heavy atom. The number of anilines is 2. The van der Waals surface area contributed by atoms with E-state index in [1.807, 2.05) is 0 Å². The molecule has 0 atom stereocenters. The van der Waals surface area contributed by atoms with Crippen LogP contribution in [-0.4, -0.2) is 6.18 Å². The standard InChI is InChI=1S/C8H9F3N2/c9-8(10,11)4-5-1-6(12)3-7(13)2-5/h1-3H,4,12-13H2. The van der Waals surface area contributed by atoms with Crippen molar-refractivity contribution in [2.45, 2.75) is 12.6 Å². The Hall–Kier alpha value is -1.39. The maximum absolute atomic E-state index is 11.9. The van der Waals surface area contributed by atoms with Gasteiger partial charge in [0.1, 0.15) is 0 Å². The van der Waals surface area contributed by atoms with Gasteiger partial charge < -0.3 is 11.5 Å². The Kier molecular flexibility index (Phi) is 2.36. The van der Waals surface area contributed by atoms with E-state index in [4.69, 9.17) is 11.5 Å². The van der Waals surface area contributed by atoms with E-state index in [1.165, 1.54) is 18.2 Å². The first-order chi connectivity index (χ1) is 5.87. The summed E-state index contributed by atoms with van der Waals surface area (Å²) in [6, 6.07) is 3.95. The molecule has 0 aliphatic heterocycles. The van der Waals surface area contributed by atoms with Crippen molar-refractivity contribution in [1.29, 1.82) is 0 Å². The molecule has 0 radical (unpaired) electrons. The molecular weight excluding hydrogens is 181 g/mol. The minimum atomic E-state index is -4.22. The highest BCUT2D eigenvalue weighted by molar-refractivity contribution is 5.54. The van der Waals surface area contributed by atoms with Crippen molar-refractivity contribution in [2.24, 2.45) is 0 Å². The predicted octanol–water partition coefficient (Wildman–Crippen LogP) is 1.96. The summed E-state index contributed by atoms with van der Waals surface area (Å²) in [4.78, 5) is 0. The highest BCUT2D eigenvalue weighted by Gasteiger charge is 2.27. The van der Waals surface area contributed by atoms with Crippen molar-refractivity contribution in [3.63, 3.8) is 0 Å².